The van der Waals surface area contributed by atoms with Gasteiger partial charge in [-0.3, -0.25) is 48.1 Å². The Bertz CT molecular complexity index is 2820. The lowest BCUT2D eigenvalue weighted by molar-refractivity contribution is -0.148. The highest BCUT2D eigenvalue weighted by Gasteiger charge is 2.42. The molecule has 84 heavy (non-hydrogen) atoms. The van der Waals surface area contributed by atoms with Gasteiger partial charge in [0.05, 0.1) is 71.5 Å². The summed E-state index contributed by atoms with van der Waals surface area (Å²) in [5.41, 5.74) is 0.739. The first-order valence-corrected chi connectivity index (χ1v) is 29.8. The molecule has 5 rings (SSSR count). The van der Waals surface area contributed by atoms with Crippen LogP contribution < -0.4 is 34.9 Å². The number of halogens is 2. The van der Waals surface area contributed by atoms with Crippen LogP contribution in [0.15, 0.2) is 18.2 Å². The van der Waals surface area contributed by atoms with Gasteiger partial charge in [0.25, 0.3) is 0 Å². The zero-order chi connectivity index (χ0) is 61.3. The number of thioether (sulfide) groups is 1. The van der Waals surface area contributed by atoms with Crippen molar-refractivity contribution >= 4 is 92.6 Å². The van der Waals surface area contributed by atoms with Crippen molar-refractivity contribution in [2.24, 2.45) is 11.8 Å². The van der Waals surface area contributed by atoms with E-state index in [9.17, 15) is 47.9 Å². The number of nitrogens with zero attached hydrogens (tertiary/aromatic N) is 2. The molecule has 462 valence electrons. The van der Waals surface area contributed by atoms with Crippen LogP contribution in [0.25, 0.3) is 10.1 Å². The number of benzene rings is 2. The largest absolute Gasteiger partial charge is 0.493 e. The first-order chi connectivity index (χ1) is 40.3. The van der Waals surface area contributed by atoms with Gasteiger partial charge in [-0.2, -0.15) is 11.8 Å². The van der Waals surface area contributed by atoms with Gasteiger partial charge in [-0.15, -0.1) is 11.3 Å². The summed E-state index contributed by atoms with van der Waals surface area (Å²) in [4.78, 5) is 127. The van der Waals surface area contributed by atoms with Crippen molar-refractivity contribution in [3.8, 4) is 23.0 Å². The number of carbonyl (C=O) groups excluding carboxylic acids is 9. The van der Waals surface area contributed by atoms with E-state index >= 15 is 8.78 Å². The van der Waals surface area contributed by atoms with Gasteiger partial charge in [0.1, 0.15) is 25.0 Å². The monoisotopic (exact) mass is 1220 g/mol. The lowest BCUT2D eigenvalue weighted by Gasteiger charge is -2.21. The Morgan fingerprint density at radius 3 is 2.23 bits per heavy atom. The van der Waals surface area contributed by atoms with E-state index in [4.69, 9.17) is 38.3 Å². The molecule has 1 fully saturated rings. The Balaban J connectivity index is 0.932. The lowest BCUT2D eigenvalue weighted by atomic mass is 9.89. The highest BCUT2D eigenvalue weighted by Crippen LogP contribution is 2.42. The van der Waals surface area contributed by atoms with E-state index in [1.54, 1.807) is 13.0 Å². The first kappa shape index (κ1) is 67.8. The Morgan fingerprint density at radius 1 is 0.833 bits per heavy atom. The summed E-state index contributed by atoms with van der Waals surface area (Å²) in [6, 6.07) is 3.47. The van der Waals surface area contributed by atoms with Crippen LogP contribution in [0.3, 0.4) is 0 Å². The molecule has 2 unspecified atom stereocenters. The highest BCUT2D eigenvalue weighted by atomic mass is 32.2. The third kappa shape index (κ3) is 20.4. The molecule has 3 aromatic rings. The maximum absolute atomic E-state index is 15.9. The van der Waals surface area contributed by atoms with E-state index < -0.39 is 77.6 Å². The predicted octanol–water partition coefficient (Wildman–Crippen LogP) is 5.31. The Morgan fingerprint density at radius 2 is 1.54 bits per heavy atom. The van der Waals surface area contributed by atoms with Crippen LogP contribution in [-0.2, 0) is 70.5 Å². The molecule has 4 atom stereocenters. The highest BCUT2D eigenvalue weighted by molar-refractivity contribution is 7.99. The molecule has 0 saturated carbocycles. The second kappa shape index (κ2) is 34.7. The molecular weight excluding hydrogens is 1140 g/mol. The molecular formula is C57H75F2N5O18S2. The minimum absolute atomic E-state index is 0.00110. The van der Waals surface area contributed by atoms with Crippen molar-refractivity contribution in [3.05, 3.63) is 45.8 Å². The standard InChI is InChI=1S/C57H75F2N5O18S2/c1-6-10-34(2)37-27-49(70)64(57(37)75)32-47(68)62-40(33-83-24-8-17-65)56(74)60-16-21-79-23-22-78-18-7-11-46(67)61-29-35(3)82-51(73)15-12-41(66)45-26-38-44(84-45)28-43(77-5)55(52(38)58)81-20-9-19-80-54-42(76-4)25-36-30-63(31-39(36)53(54)59)48(69)13-14-50(71)72/h17,25-26,28,34-35,37,40H,6-16,18-24,27,29-33H2,1-5H3,(H,60,74)(H,61,67)(H,62,68)(H,71,72)/t34?,35-,37?,40+/m0/s1. The second-order valence-corrected chi connectivity index (χ2v) is 22.2. The number of ether oxygens (including phenoxy) is 7. The number of carbonyl (C=O) groups is 10. The molecule has 2 aliphatic rings. The number of hydrogen-bond acceptors (Lipinski definition) is 19. The number of imide groups is 1. The first-order valence-electron chi connectivity index (χ1n) is 27.8. The molecule has 27 heteroatoms. The Hall–Kier alpha value is -6.97. The van der Waals surface area contributed by atoms with Crippen LogP contribution in [-0.4, -0.2) is 172 Å². The van der Waals surface area contributed by atoms with Crippen molar-refractivity contribution in [2.45, 2.75) is 117 Å². The smallest absolute Gasteiger partial charge is 0.306 e. The number of carboxylic acids is 1. The molecule has 0 spiro atoms. The van der Waals surface area contributed by atoms with Crippen LogP contribution in [0.4, 0.5) is 8.78 Å². The number of hydrogen-bond donors (Lipinski definition) is 4. The summed E-state index contributed by atoms with van der Waals surface area (Å²) in [5, 5.41) is 17.0. The van der Waals surface area contributed by atoms with E-state index in [0.29, 0.717) is 22.4 Å². The molecule has 0 radical (unpaired) electrons. The summed E-state index contributed by atoms with van der Waals surface area (Å²) in [7, 11) is 2.67. The number of fused-ring (bicyclic) bond motifs is 2. The molecule has 3 heterocycles. The van der Waals surface area contributed by atoms with Crippen molar-refractivity contribution in [1.29, 1.82) is 0 Å². The Labute approximate surface area is 493 Å². The van der Waals surface area contributed by atoms with E-state index in [1.807, 2.05) is 13.8 Å². The number of nitrogens with one attached hydrogen (secondary N) is 3. The maximum atomic E-state index is 15.9. The number of aliphatic carboxylic acids is 1. The number of methoxy groups -OCH3 is 2. The molecule has 6 amide bonds. The third-order valence-electron chi connectivity index (χ3n) is 13.6. The van der Waals surface area contributed by atoms with Crippen molar-refractivity contribution in [3.63, 3.8) is 0 Å². The number of carboxylic acid groups (broad SMARTS) is 1. The van der Waals surface area contributed by atoms with Gasteiger partial charge >= 0.3 is 11.9 Å². The second-order valence-electron chi connectivity index (χ2n) is 20.0. The lowest BCUT2D eigenvalue weighted by Crippen LogP contribution is -2.52. The average molecular weight is 1220 g/mol. The van der Waals surface area contributed by atoms with Crippen molar-refractivity contribution in [2.75, 3.05) is 85.0 Å². The maximum Gasteiger partial charge on any atom is 0.306 e. The van der Waals surface area contributed by atoms with Crippen molar-refractivity contribution < 1.29 is 95.0 Å². The van der Waals surface area contributed by atoms with Gasteiger partial charge < -0.3 is 63.9 Å². The third-order valence-corrected chi connectivity index (χ3v) is 15.8. The number of aldehydes is 1. The number of rotatable bonds is 40. The summed E-state index contributed by atoms with van der Waals surface area (Å²) in [5.74, 6) is -6.50. The number of esters is 1. The van der Waals surface area contributed by atoms with Gasteiger partial charge in [-0.1, -0.05) is 26.7 Å². The average Bonchev–Trinajstić information content (AvgIpc) is 2.63. The number of amides is 6. The zero-order valence-electron chi connectivity index (χ0n) is 47.9. The van der Waals surface area contributed by atoms with E-state index in [0.717, 1.165) is 35.4 Å². The van der Waals surface area contributed by atoms with E-state index in [-0.39, 0.29) is 179 Å². The molecule has 4 N–H and O–H groups in total. The van der Waals surface area contributed by atoms with Crippen LogP contribution in [0, 0.1) is 23.5 Å². The van der Waals surface area contributed by atoms with Gasteiger partial charge in [0.15, 0.2) is 40.4 Å². The molecule has 2 aliphatic heterocycles. The van der Waals surface area contributed by atoms with Gasteiger partial charge in [-0.25, -0.2) is 8.78 Å². The summed E-state index contributed by atoms with van der Waals surface area (Å²) >= 11 is 2.31. The fraction of sp³-hybridized carbons (Fsp3) is 0.579. The molecule has 0 bridgehead atoms. The van der Waals surface area contributed by atoms with Crippen LogP contribution >= 0.6 is 23.1 Å². The van der Waals surface area contributed by atoms with Gasteiger partial charge in [0, 0.05) is 98.2 Å². The Kier molecular flexibility index (Phi) is 28.0. The molecule has 23 nitrogen and oxygen atoms in total. The molecule has 0 aliphatic carbocycles. The molecule has 1 aromatic heterocycles. The van der Waals surface area contributed by atoms with Crippen LogP contribution in [0.5, 0.6) is 23.0 Å². The fourth-order valence-electron chi connectivity index (χ4n) is 9.14. The van der Waals surface area contributed by atoms with Crippen LogP contribution in [0.2, 0.25) is 0 Å². The molecule has 1 saturated heterocycles. The zero-order valence-corrected chi connectivity index (χ0v) is 49.6. The topological polar surface area (TPSA) is 298 Å². The minimum Gasteiger partial charge on any atom is -0.493 e. The van der Waals surface area contributed by atoms with Crippen LogP contribution in [0.1, 0.15) is 112 Å². The molecule has 2 aromatic carbocycles. The van der Waals surface area contributed by atoms with Crippen molar-refractivity contribution in [1.82, 2.24) is 25.8 Å². The van der Waals surface area contributed by atoms with Gasteiger partial charge in [0.2, 0.25) is 35.4 Å². The number of likely N-dealkylation sites (tertiary alicyclic amines) is 1. The number of thiophene rings is 1. The van der Waals surface area contributed by atoms with Gasteiger partial charge in [-0.05, 0) is 42.7 Å². The summed E-state index contributed by atoms with van der Waals surface area (Å²) in [6.07, 6.45) is 1.62. The van der Waals surface area contributed by atoms with E-state index in [2.05, 4.69) is 16.0 Å². The van der Waals surface area contributed by atoms with E-state index in [1.165, 1.54) is 43.0 Å². The quantitative estimate of drug-likeness (QED) is 0.0184. The number of Topliss-reactive ketones (excluding diaryl/α,β-unsaturated/α-hetero) is 1. The number of ketones is 1. The normalized spacial score (nSPS) is 14.8. The minimum atomic E-state index is -1.12. The SMILES string of the molecule is CCCC(C)C1CC(=O)N(CC(=O)N[C@H](CSCCC=O)C(=O)NCCOCCOCCCC(=O)NC[C@H](C)OC(=O)CCC(=O)c2cc3c(F)c(OCCCOc4c(OC)cc5c(c4F)CN(C(=O)CCC(=O)O)C5)c(OC)cc3s2)C1=O. The summed E-state index contributed by atoms with van der Waals surface area (Å²) < 4.78 is 70.7. The fourth-order valence-corrected chi connectivity index (χ4v) is 11.1. The predicted molar refractivity (Wildman–Crippen MR) is 303 cm³/mol. The summed E-state index contributed by atoms with van der Waals surface area (Å²) in [6.45, 7) is 5.80.